The summed E-state index contributed by atoms with van der Waals surface area (Å²) in [5.41, 5.74) is 0.624. The van der Waals surface area contributed by atoms with Gasteiger partial charge in [0.25, 0.3) is 0 Å². The molecule has 0 amide bonds. The van der Waals surface area contributed by atoms with Gasteiger partial charge < -0.3 is 10.2 Å². The highest BCUT2D eigenvalue weighted by atomic mass is 16.3. The smallest absolute Gasteiger partial charge is 0.0622 e. The Labute approximate surface area is 173 Å². The zero-order valence-electron chi connectivity index (χ0n) is 19.1. The quantitative estimate of drug-likeness (QED) is 0.575. The summed E-state index contributed by atoms with van der Waals surface area (Å²) in [7, 11) is 0. The van der Waals surface area contributed by atoms with Crippen molar-refractivity contribution in [1.29, 1.82) is 0 Å². The standard InChI is InChI=1S/C26H46O2/c1-5-20(27)8-6-7-18-10-12-22-21-11-9-19-17-24(2,28)15-16-26(19,4)23(21)13-14-25(18,22)3/h18-23,27-28H,5-17H2,1-4H3/t18?,19?,20?,21?,22?,23?,24-,25?,26?/m0/s1. The summed E-state index contributed by atoms with van der Waals surface area (Å²) in [6.07, 6.45) is 16.2. The molecule has 4 saturated carbocycles. The molecule has 0 heterocycles. The Morgan fingerprint density at radius 2 is 1.64 bits per heavy atom. The second-order valence-corrected chi connectivity index (χ2v) is 12.2. The van der Waals surface area contributed by atoms with Crippen molar-refractivity contribution in [2.45, 2.75) is 123 Å². The van der Waals surface area contributed by atoms with Gasteiger partial charge in [-0.25, -0.2) is 0 Å². The molecule has 4 rings (SSSR count). The van der Waals surface area contributed by atoms with E-state index in [4.69, 9.17) is 0 Å². The van der Waals surface area contributed by atoms with E-state index in [1.165, 1.54) is 57.8 Å². The predicted molar refractivity (Wildman–Crippen MR) is 116 cm³/mol. The fraction of sp³-hybridized carbons (Fsp3) is 1.00. The molecule has 0 bridgehead atoms. The van der Waals surface area contributed by atoms with Crippen molar-refractivity contribution in [3.63, 3.8) is 0 Å². The van der Waals surface area contributed by atoms with Crippen LogP contribution in [0.15, 0.2) is 0 Å². The third kappa shape index (κ3) is 3.49. The van der Waals surface area contributed by atoms with E-state index in [2.05, 4.69) is 27.7 Å². The molecule has 9 atom stereocenters. The lowest BCUT2D eigenvalue weighted by Gasteiger charge is -2.62. The maximum absolute atomic E-state index is 10.7. The number of hydrogen-bond acceptors (Lipinski definition) is 2. The van der Waals surface area contributed by atoms with Crippen LogP contribution in [0, 0.1) is 40.4 Å². The topological polar surface area (TPSA) is 40.5 Å². The zero-order valence-corrected chi connectivity index (χ0v) is 19.1. The number of fused-ring (bicyclic) bond motifs is 5. The van der Waals surface area contributed by atoms with Crippen LogP contribution in [0.25, 0.3) is 0 Å². The van der Waals surface area contributed by atoms with Gasteiger partial charge in [0.05, 0.1) is 11.7 Å². The first kappa shape index (κ1) is 21.2. The monoisotopic (exact) mass is 390 g/mol. The van der Waals surface area contributed by atoms with E-state index >= 15 is 0 Å². The van der Waals surface area contributed by atoms with Crippen LogP contribution in [0.3, 0.4) is 0 Å². The molecule has 2 nitrogen and oxygen atoms in total. The first-order chi connectivity index (χ1) is 13.2. The number of hydrogen-bond donors (Lipinski definition) is 2. The molecule has 4 fully saturated rings. The maximum Gasteiger partial charge on any atom is 0.0622 e. The van der Waals surface area contributed by atoms with Gasteiger partial charge in [0, 0.05) is 0 Å². The fourth-order valence-corrected chi connectivity index (χ4v) is 8.82. The molecular formula is C26H46O2. The average Bonchev–Trinajstić information content (AvgIpc) is 2.98. The Kier molecular flexibility index (Phi) is 5.71. The SMILES string of the molecule is CCC(O)CCCC1CCC2C3CCC4C[C@@](C)(O)CCC4(C)C3CCC12C. The van der Waals surface area contributed by atoms with E-state index in [9.17, 15) is 10.2 Å². The van der Waals surface area contributed by atoms with Crippen LogP contribution in [0.5, 0.6) is 0 Å². The lowest BCUT2D eigenvalue weighted by atomic mass is 9.44. The van der Waals surface area contributed by atoms with Crippen LogP contribution in [0.4, 0.5) is 0 Å². The minimum Gasteiger partial charge on any atom is -0.393 e. The van der Waals surface area contributed by atoms with Crippen molar-refractivity contribution >= 4 is 0 Å². The Hall–Kier alpha value is -0.0800. The van der Waals surface area contributed by atoms with E-state index < -0.39 is 5.60 Å². The molecule has 0 aliphatic heterocycles. The molecule has 0 aromatic heterocycles. The molecule has 0 spiro atoms. The predicted octanol–water partition coefficient (Wildman–Crippen LogP) is 6.34. The summed E-state index contributed by atoms with van der Waals surface area (Å²) < 4.78 is 0. The largest absolute Gasteiger partial charge is 0.393 e. The molecule has 0 saturated heterocycles. The van der Waals surface area contributed by atoms with E-state index in [1.807, 2.05) is 0 Å². The molecule has 8 unspecified atom stereocenters. The fourth-order valence-electron chi connectivity index (χ4n) is 8.82. The van der Waals surface area contributed by atoms with Gasteiger partial charge in [0.2, 0.25) is 0 Å². The summed E-state index contributed by atoms with van der Waals surface area (Å²) >= 11 is 0. The molecule has 0 radical (unpaired) electrons. The van der Waals surface area contributed by atoms with Gasteiger partial charge in [-0.3, -0.25) is 0 Å². The summed E-state index contributed by atoms with van der Waals surface area (Å²) in [6.45, 7) is 9.42. The molecular weight excluding hydrogens is 344 g/mol. The minimum absolute atomic E-state index is 0.0838. The second-order valence-electron chi connectivity index (χ2n) is 12.2. The van der Waals surface area contributed by atoms with E-state index in [0.29, 0.717) is 10.8 Å². The molecule has 0 aromatic carbocycles. The van der Waals surface area contributed by atoms with Crippen molar-refractivity contribution in [2.75, 3.05) is 0 Å². The van der Waals surface area contributed by atoms with Crippen molar-refractivity contribution in [1.82, 2.24) is 0 Å². The van der Waals surface area contributed by atoms with E-state index in [0.717, 1.165) is 55.3 Å². The van der Waals surface area contributed by atoms with Crippen LogP contribution in [-0.2, 0) is 0 Å². The van der Waals surface area contributed by atoms with E-state index in [-0.39, 0.29) is 6.10 Å². The van der Waals surface area contributed by atoms with Crippen LogP contribution in [0.1, 0.15) is 111 Å². The average molecular weight is 391 g/mol. The number of aliphatic hydroxyl groups excluding tert-OH is 1. The van der Waals surface area contributed by atoms with Crippen molar-refractivity contribution in [2.24, 2.45) is 40.4 Å². The highest BCUT2D eigenvalue weighted by Gasteiger charge is 2.60. The van der Waals surface area contributed by atoms with Gasteiger partial charge in [-0.2, -0.15) is 0 Å². The first-order valence-corrected chi connectivity index (χ1v) is 12.6. The molecule has 28 heavy (non-hydrogen) atoms. The normalized spacial score (nSPS) is 51.9. The number of rotatable bonds is 5. The molecule has 0 aromatic rings. The van der Waals surface area contributed by atoms with Gasteiger partial charge in [-0.05, 0) is 124 Å². The van der Waals surface area contributed by atoms with Crippen molar-refractivity contribution in [3.8, 4) is 0 Å². The number of aliphatic hydroxyl groups is 2. The van der Waals surface area contributed by atoms with Gasteiger partial charge in [-0.1, -0.05) is 27.2 Å². The molecule has 4 aliphatic rings. The van der Waals surface area contributed by atoms with Gasteiger partial charge in [0.1, 0.15) is 0 Å². The maximum atomic E-state index is 10.7. The van der Waals surface area contributed by atoms with Crippen LogP contribution >= 0.6 is 0 Å². The van der Waals surface area contributed by atoms with Crippen molar-refractivity contribution < 1.29 is 10.2 Å². The Balaban J connectivity index is 1.45. The third-order valence-corrected chi connectivity index (χ3v) is 10.7. The Morgan fingerprint density at radius 3 is 2.39 bits per heavy atom. The van der Waals surface area contributed by atoms with Crippen molar-refractivity contribution in [3.05, 3.63) is 0 Å². The van der Waals surface area contributed by atoms with Gasteiger partial charge in [0.15, 0.2) is 0 Å². The lowest BCUT2D eigenvalue weighted by Crippen LogP contribution is -2.55. The second kappa shape index (κ2) is 7.56. The molecule has 4 aliphatic carbocycles. The summed E-state index contributed by atoms with van der Waals surface area (Å²) in [5.74, 6) is 4.41. The Morgan fingerprint density at radius 1 is 0.893 bits per heavy atom. The Bertz CT molecular complexity index is 557. The van der Waals surface area contributed by atoms with Gasteiger partial charge >= 0.3 is 0 Å². The minimum atomic E-state index is -0.415. The van der Waals surface area contributed by atoms with Gasteiger partial charge in [-0.15, -0.1) is 0 Å². The highest BCUT2D eigenvalue weighted by molar-refractivity contribution is 5.10. The zero-order chi connectivity index (χ0) is 20.2. The van der Waals surface area contributed by atoms with Crippen LogP contribution in [-0.4, -0.2) is 21.9 Å². The summed E-state index contributed by atoms with van der Waals surface area (Å²) in [6, 6.07) is 0. The molecule has 162 valence electrons. The summed E-state index contributed by atoms with van der Waals surface area (Å²) in [5, 5.41) is 20.6. The van der Waals surface area contributed by atoms with Crippen LogP contribution < -0.4 is 0 Å². The third-order valence-electron chi connectivity index (χ3n) is 10.7. The van der Waals surface area contributed by atoms with Crippen LogP contribution in [0.2, 0.25) is 0 Å². The first-order valence-electron chi connectivity index (χ1n) is 12.6. The van der Waals surface area contributed by atoms with E-state index in [1.54, 1.807) is 0 Å². The lowest BCUT2D eigenvalue weighted by molar-refractivity contribution is -0.146. The summed E-state index contributed by atoms with van der Waals surface area (Å²) in [4.78, 5) is 0. The molecule has 2 N–H and O–H groups in total. The highest BCUT2D eigenvalue weighted by Crippen LogP contribution is 2.68. The molecule has 2 heteroatoms.